The van der Waals surface area contributed by atoms with Gasteiger partial charge < -0.3 is 14.7 Å². The van der Waals surface area contributed by atoms with Crippen LogP contribution in [-0.2, 0) is 0 Å². The second kappa shape index (κ2) is 9.19. The molecule has 0 aliphatic carbocycles. The van der Waals surface area contributed by atoms with Gasteiger partial charge in [-0.25, -0.2) is 15.0 Å². The number of benzene rings is 1. The van der Waals surface area contributed by atoms with E-state index in [1.165, 1.54) is 0 Å². The Morgan fingerprint density at radius 3 is 2.51 bits per heavy atom. The Balaban J connectivity index is 1.17. The molecule has 0 spiro atoms. The van der Waals surface area contributed by atoms with Crippen molar-refractivity contribution < 1.29 is 4.79 Å². The van der Waals surface area contributed by atoms with Gasteiger partial charge in [0.2, 0.25) is 0 Å². The van der Waals surface area contributed by atoms with E-state index in [2.05, 4.69) is 37.9 Å². The van der Waals surface area contributed by atoms with Gasteiger partial charge in [0.05, 0.1) is 28.6 Å². The largest absolute Gasteiger partial charge is 0.368 e. The maximum Gasteiger partial charge on any atom is 0.272 e. The Bertz CT molecular complexity index is 1370. The topological polar surface area (TPSA) is 78.4 Å². The number of likely N-dealkylation sites (tertiary alicyclic amines) is 1. The van der Waals surface area contributed by atoms with E-state index in [9.17, 15) is 4.79 Å². The number of amides is 1. The minimum absolute atomic E-state index is 0.00306. The van der Waals surface area contributed by atoms with Crippen molar-refractivity contribution in [1.29, 1.82) is 0 Å². The summed E-state index contributed by atoms with van der Waals surface area (Å²) >= 11 is 0. The quantitative estimate of drug-likeness (QED) is 0.457. The van der Waals surface area contributed by atoms with Gasteiger partial charge in [0.15, 0.2) is 0 Å². The van der Waals surface area contributed by atoms with Crippen molar-refractivity contribution in [2.24, 2.45) is 0 Å². The smallest absolute Gasteiger partial charge is 0.272 e. The predicted molar refractivity (Wildman–Crippen MR) is 137 cm³/mol. The number of fused-ring (bicyclic) bond motifs is 2. The molecule has 0 saturated carbocycles. The average molecular weight is 468 g/mol. The van der Waals surface area contributed by atoms with Crippen LogP contribution in [0.25, 0.3) is 21.9 Å². The summed E-state index contributed by atoms with van der Waals surface area (Å²) in [7, 11) is 2.16. The highest BCUT2D eigenvalue weighted by Crippen LogP contribution is 2.31. The van der Waals surface area contributed by atoms with Crippen molar-refractivity contribution in [3.8, 4) is 0 Å². The first kappa shape index (κ1) is 21.9. The number of hydrogen-bond acceptors (Lipinski definition) is 7. The Labute approximate surface area is 204 Å². The van der Waals surface area contributed by atoms with Crippen LogP contribution in [0, 0.1) is 0 Å². The molecule has 5 heterocycles. The third kappa shape index (κ3) is 4.30. The molecule has 0 N–H and O–H groups in total. The van der Waals surface area contributed by atoms with Gasteiger partial charge in [-0.2, -0.15) is 0 Å². The lowest BCUT2D eigenvalue weighted by molar-refractivity contribution is 0.0707. The molecule has 2 saturated heterocycles. The monoisotopic (exact) mass is 467 g/mol. The molecule has 0 bridgehead atoms. The van der Waals surface area contributed by atoms with Gasteiger partial charge in [0, 0.05) is 50.6 Å². The van der Waals surface area contributed by atoms with Crippen molar-refractivity contribution in [1.82, 2.24) is 29.7 Å². The molecule has 2 aliphatic rings. The van der Waals surface area contributed by atoms with E-state index in [0.717, 1.165) is 72.3 Å². The molecular formula is C27H29N7O. The highest BCUT2D eigenvalue weighted by molar-refractivity contribution is 5.95. The summed E-state index contributed by atoms with van der Waals surface area (Å²) < 4.78 is 0. The molecule has 4 aromatic rings. The third-order valence-electron chi connectivity index (χ3n) is 7.34. The highest BCUT2D eigenvalue weighted by atomic mass is 16.2. The van der Waals surface area contributed by atoms with Gasteiger partial charge in [-0.3, -0.25) is 9.78 Å². The SMILES string of the molecule is CN1CCN(c2cnc3c(C4CCN(C(=O)c5ccc6ccccc6n5)CC4)ncnc3c2)CC1. The van der Waals surface area contributed by atoms with Crippen molar-refractivity contribution in [2.45, 2.75) is 18.8 Å². The summed E-state index contributed by atoms with van der Waals surface area (Å²) in [6, 6.07) is 13.8. The van der Waals surface area contributed by atoms with Crippen LogP contribution in [0.2, 0.25) is 0 Å². The number of carbonyl (C=O) groups excluding carboxylic acids is 1. The first-order chi connectivity index (χ1) is 17.2. The highest BCUT2D eigenvalue weighted by Gasteiger charge is 2.28. The standard InChI is InChI=1S/C27H29N7O/c1-32-12-14-33(15-13-32)21-16-24-26(28-17-21)25(30-18-29-24)20-8-10-34(11-9-20)27(35)23-7-6-19-4-2-3-5-22(19)31-23/h2-7,16-18,20H,8-15H2,1H3. The number of likely N-dealkylation sites (N-methyl/N-ethyl adjacent to an activating group) is 1. The van der Waals surface area contributed by atoms with Gasteiger partial charge in [-0.1, -0.05) is 24.3 Å². The summed E-state index contributed by atoms with van der Waals surface area (Å²) in [4.78, 5) is 38.3. The van der Waals surface area contributed by atoms with Crippen molar-refractivity contribution >= 4 is 33.5 Å². The van der Waals surface area contributed by atoms with Crippen LogP contribution in [0.15, 0.2) is 55.0 Å². The van der Waals surface area contributed by atoms with Gasteiger partial charge >= 0.3 is 0 Å². The number of anilines is 1. The molecule has 178 valence electrons. The lowest BCUT2D eigenvalue weighted by Crippen LogP contribution is -2.44. The number of piperazine rings is 1. The number of carbonyl (C=O) groups is 1. The lowest BCUT2D eigenvalue weighted by atomic mass is 9.92. The fourth-order valence-electron chi connectivity index (χ4n) is 5.19. The average Bonchev–Trinajstić information content (AvgIpc) is 2.92. The van der Waals surface area contributed by atoms with E-state index in [4.69, 9.17) is 4.98 Å². The molecule has 0 atom stereocenters. The van der Waals surface area contributed by atoms with E-state index in [1.54, 1.807) is 6.33 Å². The third-order valence-corrected chi connectivity index (χ3v) is 7.34. The van der Waals surface area contributed by atoms with Crippen molar-refractivity contribution in [2.75, 3.05) is 51.2 Å². The van der Waals surface area contributed by atoms with Crippen LogP contribution in [-0.4, -0.2) is 82.0 Å². The van der Waals surface area contributed by atoms with Crippen LogP contribution >= 0.6 is 0 Å². The summed E-state index contributed by atoms with van der Waals surface area (Å²) in [6.45, 7) is 5.48. The second-order valence-electron chi connectivity index (χ2n) is 9.57. The number of piperidine rings is 1. The summed E-state index contributed by atoms with van der Waals surface area (Å²) in [5.74, 6) is 0.257. The van der Waals surface area contributed by atoms with Gasteiger partial charge in [0.1, 0.15) is 17.5 Å². The Morgan fingerprint density at radius 2 is 1.69 bits per heavy atom. The van der Waals surface area contributed by atoms with E-state index in [0.29, 0.717) is 18.8 Å². The number of hydrogen-bond donors (Lipinski definition) is 0. The molecule has 8 heteroatoms. The molecular weight excluding hydrogens is 438 g/mol. The zero-order chi connectivity index (χ0) is 23.8. The molecule has 6 rings (SSSR count). The number of rotatable bonds is 3. The molecule has 1 aromatic carbocycles. The number of pyridine rings is 2. The molecule has 0 unspecified atom stereocenters. The number of para-hydroxylation sites is 1. The molecule has 0 radical (unpaired) electrons. The van der Waals surface area contributed by atoms with Gasteiger partial charge in [0.25, 0.3) is 5.91 Å². The fraction of sp³-hybridized carbons (Fsp3) is 0.370. The van der Waals surface area contributed by atoms with Crippen LogP contribution in [0.5, 0.6) is 0 Å². The van der Waals surface area contributed by atoms with E-state index < -0.39 is 0 Å². The second-order valence-corrected chi connectivity index (χ2v) is 9.57. The summed E-state index contributed by atoms with van der Waals surface area (Å²) in [5.41, 5.74) is 5.25. The van der Waals surface area contributed by atoms with Crippen LogP contribution in [0.3, 0.4) is 0 Å². The molecule has 3 aromatic heterocycles. The maximum absolute atomic E-state index is 13.1. The summed E-state index contributed by atoms with van der Waals surface area (Å²) in [6.07, 6.45) is 5.33. The van der Waals surface area contributed by atoms with Gasteiger partial charge in [-0.15, -0.1) is 0 Å². The van der Waals surface area contributed by atoms with Crippen molar-refractivity contribution in [3.63, 3.8) is 0 Å². The van der Waals surface area contributed by atoms with Gasteiger partial charge in [-0.05, 0) is 38.1 Å². The molecule has 8 nitrogen and oxygen atoms in total. The van der Waals surface area contributed by atoms with Crippen LogP contribution < -0.4 is 4.90 Å². The molecule has 2 aliphatic heterocycles. The van der Waals surface area contributed by atoms with Crippen LogP contribution in [0.1, 0.15) is 34.9 Å². The Hall–Kier alpha value is -3.65. The fourth-order valence-corrected chi connectivity index (χ4v) is 5.19. The number of aromatic nitrogens is 4. The van der Waals surface area contributed by atoms with Crippen LogP contribution in [0.4, 0.5) is 5.69 Å². The molecule has 1 amide bonds. The zero-order valence-corrected chi connectivity index (χ0v) is 20.0. The number of nitrogens with zero attached hydrogens (tertiary/aromatic N) is 7. The van der Waals surface area contributed by atoms with E-state index >= 15 is 0 Å². The Morgan fingerprint density at radius 1 is 0.886 bits per heavy atom. The van der Waals surface area contributed by atoms with Crippen molar-refractivity contribution in [3.05, 3.63) is 66.4 Å². The lowest BCUT2D eigenvalue weighted by Gasteiger charge is -2.34. The summed E-state index contributed by atoms with van der Waals surface area (Å²) in [5, 5.41) is 1.04. The molecule has 2 fully saturated rings. The van der Waals surface area contributed by atoms with E-state index in [-0.39, 0.29) is 11.8 Å². The predicted octanol–water partition coefficient (Wildman–Crippen LogP) is 3.34. The molecule has 35 heavy (non-hydrogen) atoms. The maximum atomic E-state index is 13.1. The Kier molecular flexibility index (Phi) is 5.74. The first-order valence-corrected chi connectivity index (χ1v) is 12.3. The first-order valence-electron chi connectivity index (χ1n) is 12.3. The minimum Gasteiger partial charge on any atom is -0.368 e. The zero-order valence-electron chi connectivity index (χ0n) is 20.0. The normalized spacial score (nSPS) is 17.9. The minimum atomic E-state index is -0.00306. The van der Waals surface area contributed by atoms with E-state index in [1.807, 2.05) is 47.5 Å².